The second-order valence-electron chi connectivity index (χ2n) is 6.90. The molecule has 18 N–H and O–H groups in total. The average molecular weight is 668 g/mol. The van der Waals surface area contributed by atoms with E-state index in [2.05, 4.69) is 20.8 Å². The molecule has 1 saturated heterocycles. The number of thioether (sulfide) groups is 3. The maximum atomic E-state index is 13.0. The Morgan fingerprint density at radius 2 is 1.83 bits per heavy atom. The van der Waals surface area contributed by atoms with E-state index in [1.54, 1.807) is 7.05 Å². The molecule has 25 heteroatoms. The van der Waals surface area contributed by atoms with Gasteiger partial charge in [0.1, 0.15) is 11.4 Å². The van der Waals surface area contributed by atoms with Crippen molar-refractivity contribution in [3.05, 3.63) is 11.3 Å². The van der Waals surface area contributed by atoms with E-state index in [-0.39, 0.29) is 96.6 Å². The normalized spacial score (nSPS) is 18.6. The maximum Gasteiger partial charge on any atom is 1.00 e. The van der Waals surface area contributed by atoms with Crippen LogP contribution in [0.25, 0.3) is 0 Å². The number of carboxylic acid groups (broad SMARTS) is 2. The van der Waals surface area contributed by atoms with Crippen LogP contribution in [0.5, 0.6) is 0 Å². The van der Waals surface area contributed by atoms with Crippen LogP contribution >= 0.6 is 35.3 Å². The number of β-lactam (4-membered cyclic amide) rings is 1. The van der Waals surface area contributed by atoms with Crippen LogP contribution in [0.2, 0.25) is 0 Å². The molecule has 0 aliphatic carbocycles. The predicted molar refractivity (Wildman–Crippen MR) is 141 cm³/mol. The molecular formula is C16H34N7NaO14S3. The molecule has 3 unspecified atom stereocenters. The Labute approximate surface area is 266 Å². The summed E-state index contributed by atoms with van der Waals surface area (Å²) in [6.45, 7) is 0. The first-order valence-corrected chi connectivity index (χ1v) is 12.5. The first kappa shape index (κ1) is 52.1. The molecule has 0 aromatic carbocycles. The number of rotatable bonds is 11. The number of hydrogen-bond donors (Lipinski definition) is 3. The number of aliphatic carboxylic acids is 2. The van der Waals surface area contributed by atoms with Crippen molar-refractivity contribution >= 4 is 59.0 Å². The van der Waals surface area contributed by atoms with E-state index in [9.17, 15) is 24.3 Å². The number of carbonyl (C=O) groups excluding carboxylic acids is 3. The minimum absolute atomic E-state index is 0. The van der Waals surface area contributed by atoms with Gasteiger partial charge in [0.05, 0.1) is 17.4 Å². The molecule has 2 aliphatic rings. The molecule has 0 spiro atoms. The number of tetrazole rings is 1. The van der Waals surface area contributed by atoms with E-state index in [0.717, 1.165) is 16.7 Å². The Bertz CT molecular complexity index is 1020. The first-order valence-electron chi connectivity index (χ1n) is 9.28. The average Bonchev–Trinajstić information content (AvgIpc) is 3.19. The zero-order valence-electron chi connectivity index (χ0n) is 21.9. The predicted octanol–water partition coefficient (Wildman–Crippen LogP) is -11.9. The molecule has 21 nitrogen and oxygen atoms in total. The van der Waals surface area contributed by atoms with E-state index in [4.69, 9.17) is 15.6 Å². The molecule has 0 bridgehead atoms. The van der Waals surface area contributed by atoms with Crippen LogP contribution in [-0.4, -0.2) is 140 Å². The Balaban J connectivity index is -0.000000383. The number of nitrogens with zero attached hydrogens (tertiary/aromatic N) is 5. The topological polar surface area (TPSA) is 426 Å². The number of ether oxygens (including phenoxy) is 1. The zero-order chi connectivity index (χ0) is 24.3. The van der Waals surface area contributed by atoms with Gasteiger partial charge in [-0.15, -0.1) is 28.6 Å². The van der Waals surface area contributed by atoms with Crippen LogP contribution < -0.4 is 45.7 Å². The third kappa shape index (κ3) is 10.9. The summed E-state index contributed by atoms with van der Waals surface area (Å²) >= 11 is 3.43. The van der Waals surface area contributed by atoms with Gasteiger partial charge in [-0.1, -0.05) is 11.8 Å². The van der Waals surface area contributed by atoms with Crippen LogP contribution in [0.1, 0.15) is 0 Å². The van der Waals surface area contributed by atoms with Crippen LogP contribution in [0.15, 0.2) is 16.4 Å². The fourth-order valence-electron chi connectivity index (χ4n) is 3.13. The molecule has 236 valence electrons. The Hall–Kier alpha value is -1.62. The molecule has 1 fully saturated rings. The molecule has 2 amide bonds. The summed E-state index contributed by atoms with van der Waals surface area (Å²) in [5, 5.41) is 33.9. The summed E-state index contributed by atoms with van der Waals surface area (Å²) in [4.78, 5) is 49.1. The third-order valence-corrected chi connectivity index (χ3v) is 8.29. The molecule has 0 radical (unpaired) electrons. The molecule has 3 heterocycles. The monoisotopic (exact) mass is 667 g/mol. The van der Waals surface area contributed by atoms with Crippen LogP contribution in [0, 0.1) is 0 Å². The number of hydrogen-bond acceptors (Lipinski definition) is 13. The molecule has 41 heavy (non-hydrogen) atoms. The number of aryl methyl sites for hydroxylation is 1. The van der Waals surface area contributed by atoms with Gasteiger partial charge in [0.25, 0.3) is 11.6 Å². The third-order valence-electron chi connectivity index (χ3n) is 4.75. The maximum absolute atomic E-state index is 13.0. The van der Waals surface area contributed by atoms with E-state index in [0.29, 0.717) is 10.7 Å². The standard InChI is InChI=1S/C16H21N7O7S3.Na.7H2O/c1-22-15(19-20-21-22)33-4-7-3-32-14-16(30-2,13(29)23(14)10(7)12(27)28)18-9(24)6-31-5-8(17)11(25)26;;;;;;;;/h8,14H,3-6,17H2,1-2H3,(H,18,24)(H,25,26)(H,27,28);;7*1H2/q;+1;;;;;;;/p-1. The van der Waals surface area contributed by atoms with Gasteiger partial charge in [-0.2, -0.15) is 0 Å². The van der Waals surface area contributed by atoms with Crippen LogP contribution in [0.4, 0.5) is 0 Å². The van der Waals surface area contributed by atoms with Crippen molar-refractivity contribution < 1.29 is 102 Å². The van der Waals surface area contributed by atoms with Crippen molar-refractivity contribution in [2.45, 2.75) is 22.3 Å². The van der Waals surface area contributed by atoms with Gasteiger partial charge in [-0.05, 0) is 16.0 Å². The van der Waals surface area contributed by atoms with Gasteiger partial charge >= 0.3 is 35.5 Å². The molecule has 1 aromatic heterocycles. The molecule has 3 rings (SSSR count). The van der Waals surface area contributed by atoms with Crippen molar-refractivity contribution in [2.75, 3.05) is 30.1 Å². The van der Waals surface area contributed by atoms with Crippen LogP contribution in [-0.2, 0) is 31.0 Å². The zero-order valence-corrected chi connectivity index (χ0v) is 26.4. The molecule has 3 atom stereocenters. The number of nitrogens with one attached hydrogen (secondary N) is 1. The number of carboxylic acids is 2. The van der Waals surface area contributed by atoms with Crippen molar-refractivity contribution in [1.82, 2.24) is 30.4 Å². The molecule has 1 aromatic rings. The molecule has 0 saturated carbocycles. The van der Waals surface area contributed by atoms with E-state index < -0.39 is 40.9 Å². The van der Waals surface area contributed by atoms with Gasteiger partial charge in [0, 0.05) is 31.4 Å². The second kappa shape index (κ2) is 22.0. The summed E-state index contributed by atoms with van der Waals surface area (Å²) in [6, 6.07) is -1.13. The second-order valence-corrected chi connectivity index (χ2v) is 9.94. The number of methoxy groups -OCH3 is 1. The minimum atomic E-state index is -1.75. The Morgan fingerprint density at radius 1 is 1.24 bits per heavy atom. The smallest absolute Gasteiger partial charge is 0.543 e. The van der Waals surface area contributed by atoms with Crippen molar-refractivity contribution in [2.24, 2.45) is 12.8 Å². The minimum Gasteiger partial charge on any atom is -0.543 e. The van der Waals surface area contributed by atoms with Gasteiger partial charge in [-0.25, -0.2) is 4.68 Å². The fraction of sp³-hybridized carbons (Fsp3) is 0.562. The number of aromatic nitrogens is 4. The van der Waals surface area contributed by atoms with Crippen molar-refractivity contribution in [3.8, 4) is 0 Å². The van der Waals surface area contributed by atoms with Crippen molar-refractivity contribution in [3.63, 3.8) is 0 Å². The summed E-state index contributed by atoms with van der Waals surface area (Å²) in [5.41, 5.74) is 3.84. The SMILES string of the molecule is COC1(NC(=O)CSCC(N)C(=O)O)C(=O)N2C(C(=O)[O-])=C(CSc3nnnn3C)CSC21.O.O.O.O.O.O.O.[Na+]. The number of fused-ring (bicyclic) bond motifs is 1. The summed E-state index contributed by atoms with van der Waals surface area (Å²) in [5.74, 6) is -3.73. The number of amides is 2. The Kier molecular flexibility index (Phi) is 27.9. The Morgan fingerprint density at radius 3 is 2.29 bits per heavy atom. The van der Waals surface area contributed by atoms with Gasteiger partial charge in [0.2, 0.25) is 11.1 Å². The van der Waals surface area contributed by atoms with E-state index in [1.807, 2.05) is 0 Å². The number of carbonyl (C=O) groups is 4. The fourth-order valence-corrected chi connectivity index (χ4v) is 6.33. The summed E-state index contributed by atoms with van der Waals surface area (Å²) in [6.07, 6.45) is 0. The summed E-state index contributed by atoms with van der Waals surface area (Å²) < 4.78 is 6.78. The summed E-state index contributed by atoms with van der Waals surface area (Å²) in [7, 11) is 2.88. The quantitative estimate of drug-likeness (QED) is 0.0853. The van der Waals surface area contributed by atoms with Crippen molar-refractivity contribution in [1.29, 1.82) is 0 Å². The van der Waals surface area contributed by atoms with Gasteiger partial charge in [0.15, 0.2) is 0 Å². The molecular weight excluding hydrogens is 633 g/mol. The van der Waals surface area contributed by atoms with Gasteiger partial charge < -0.3 is 69.1 Å². The van der Waals surface area contributed by atoms with Crippen LogP contribution in [0.3, 0.4) is 0 Å². The van der Waals surface area contributed by atoms with E-state index >= 15 is 0 Å². The number of nitrogens with two attached hydrogens (primary N) is 1. The van der Waals surface area contributed by atoms with E-state index in [1.165, 1.54) is 35.3 Å². The molecule has 2 aliphatic heterocycles. The largest absolute Gasteiger partial charge is 1.00 e. The van der Waals surface area contributed by atoms with Gasteiger partial charge in [-0.3, -0.25) is 19.3 Å². The first-order chi connectivity index (χ1) is 15.6.